The summed E-state index contributed by atoms with van der Waals surface area (Å²) in [6, 6.07) is 13.9. The van der Waals surface area contributed by atoms with Crippen LogP contribution in [0.15, 0.2) is 48.5 Å². The molecule has 6 nitrogen and oxygen atoms in total. The molecule has 3 rings (SSSR count). The fraction of sp³-hybridized carbons (Fsp3) is 0.316. The molecule has 0 radical (unpaired) electrons. The molecule has 0 aromatic heterocycles. The molecule has 0 aliphatic heterocycles. The Kier molecular flexibility index (Phi) is 5.09. The summed E-state index contributed by atoms with van der Waals surface area (Å²) < 4.78 is 5.72. The molecule has 1 aliphatic rings. The SMILES string of the molecule is O=C(O)c1ccc([N+](=O)[O-])cc1C1CC(COCc2ccccc2)C1. The van der Waals surface area contributed by atoms with E-state index in [1.807, 2.05) is 30.3 Å². The summed E-state index contributed by atoms with van der Waals surface area (Å²) in [4.78, 5) is 21.8. The van der Waals surface area contributed by atoms with Gasteiger partial charge in [0.05, 0.1) is 17.1 Å². The average Bonchev–Trinajstić information content (AvgIpc) is 2.57. The van der Waals surface area contributed by atoms with Gasteiger partial charge in [0.25, 0.3) is 5.69 Å². The van der Waals surface area contributed by atoms with Crippen molar-refractivity contribution in [2.45, 2.75) is 25.4 Å². The number of rotatable bonds is 7. The van der Waals surface area contributed by atoms with E-state index in [2.05, 4.69) is 0 Å². The minimum atomic E-state index is -1.05. The van der Waals surface area contributed by atoms with Gasteiger partial charge in [-0.25, -0.2) is 4.79 Å². The second-order valence-electron chi connectivity index (χ2n) is 6.37. The van der Waals surface area contributed by atoms with Crippen LogP contribution < -0.4 is 0 Å². The zero-order chi connectivity index (χ0) is 17.8. The highest BCUT2D eigenvalue weighted by Gasteiger charge is 2.33. The van der Waals surface area contributed by atoms with Crippen LogP contribution in [0.4, 0.5) is 5.69 Å². The zero-order valence-electron chi connectivity index (χ0n) is 13.6. The van der Waals surface area contributed by atoms with Crippen LogP contribution in [0.5, 0.6) is 0 Å². The van der Waals surface area contributed by atoms with Crippen molar-refractivity contribution in [3.05, 3.63) is 75.3 Å². The minimum absolute atomic E-state index is 0.0383. The molecule has 0 atom stereocenters. The first-order valence-corrected chi connectivity index (χ1v) is 8.18. The van der Waals surface area contributed by atoms with Crippen molar-refractivity contribution >= 4 is 11.7 Å². The van der Waals surface area contributed by atoms with Gasteiger partial charge in [0.1, 0.15) is 0 Å². The van der Waals surface area contributed by atoms with Crippen molar-refractivity contribution in [1.29, 1.82) is 0 Å². The van der Waals surface area contributed by atoms with Gasteiger partial charge in [0.2, 0.25) is 0 Å². The van der Waals surface area contributed by atoms with Crippen LogP contribution in [-0.4, -0.2) is 22.6 Å². The molecule has 0 saturated heterocycles. The van der Waals surface area contributed by atoms with Crippen LogP contribution in [0.1, 0.15) is 40.2 Å². The Morgan fingerprint density at radius 3 is 2.56 bits per heavy atom. The number of carboxylic acid groups (broad SMARTS) is 1. The highest BCUT2D eigenvalue weighted by atomic mass is 16.6. The van der Waals surface area contributed by atoms with Crippen molar-refractivity contribution in [2.24, 2.45) is 5.92 Å². The van der Waals surface area contributed by atoms with E-state index in [4.69, 9.17) is 4.74 Å². The molecule has 25 heavy (non-hydrogen) atoms. The lowest BCUT2D eigenvalue weighted by atomic mass is 9.70. The smallest absolute Gasteiger partial charge is 0.335 e. The van der Waals surface area contributed by atoms with Gasteiger partial charge in [0.15, 0.2) is 0 Å². The number of carboxylic acids is 1. The van der Waals surface area contributed by atoms with Gasteiger partial charge in [0, 0.05) is 18.7 Å². The standard InChI is InChI=1S/C19H19NO5/c21-19(22)17-7-6-16(20(23)24)10-18(17)15-8-14(9-15)12-25-11-13-4-2-1-3-5-13/h1-7,10,14-15H,8-9,11-12H2,(H,21,22). The predicted octanol–water partition coefficient (Wildman–Crippen LogP) is 4.00. The first-order valence-electron chi connectivity index (χ1n) is 8.18. The monoisotopic (exact) mass is 341 g/mol. The number of carbonyl (C=O) groups is 1. The molecule has 0 unspecified atom stereocenters. The number of nitro benzene ring substituents is 1. The Balaban J connectivity index is 1.57. The van der Waals surface area contributed by atoms with Gasteiger partial charge in [-0.3, -0.25) is 10.1 Å². The van der Waals surface area contributed by atoms with E-state index in [1.165, 1.54) is 18.2 Å². The van der Waals surface area contributed by atoms with E-state index >= 15 is 0 Å². The van der Waals surface area contributed by atoms with Gasteiger partial charge >= 0.3 is 5.97 Å². The Hall–Kier alpha value is -2.73. The Morgan fingerprint density at radius 1 is 1.20 bits per heavy atom. The van der Waals surface area contributed by atoms with E-state index in [9.17, 15) is 20.0 Å². The molecule has 130 valence electrons. The summed E-state index contributed by atoms with van der Waals surface area (Å²) >= 11 is 0. The molecule has 2 aromatic carbocycles. The third-order valence-electron chi connectivity index (χ3n) is 4.62. The average molecular weight is 341 g/mol. The second-order valence-corrected chi connectivity index (χ2v) is 6.37. The highest BCUT2D eigenvalue weighted by Crippen LogP contribution is 2.43. The summed E-state index contributed by atoms with van der Waals surface area (Å²) in [7, 11) is 0. The lowest BCUT2D eigenvalue weighted by Gasteiger charge is -2.36. The van der Waals surface area contributed by atoms with Crippen LogP contribution in [-0.2, 0) is 11.3 Å². The number of hydrogen-bond donors (Lipinski definition) is 1. The maximum Gasteiger partial charge on any atom is 0.335 e. The largest absolute Gasteiger partial charge is 0.478 e. The number of aromatic carboxylic acids is 1. The molecular formula is C19H19NO5. The summed E-state index contributed by atoms with van der Waals surface area (Å²) in [5.41, 5.74) is 1.76. The first kappa shape index (κ1) is 17.1. The molecule has 0 heterocycles. The van der Waals surface area contributed by atoms with Crippen LogP contribution in [0.3, 0.4) is 0 Å². The van der Waals surface area contributed by atoms with Crippen LogP contribution in [0.2, 0.25) is 0 Å². The van der Waals surface area contributed by atoms with E-state index in [-0.39, 0.29) is 17.2 Å². The number of benzene rings is 2. The van der Waals surface area contributed by atoms with Crippen LogP contribution >= 0.6 is 0 Å². The van der Waals surface area contributed by atoms with E-state index in [1.54, 1.807) is 0 Å². The van der Waals surface area contributed by atoms with E-state index in [0.29, 0.717) is 24.7 Å². The lowest BCUT2D eigenvalue weighted by molar-refractivity contribution is -0.385. The summed E-state index contributed by atoms with van der Waals surface area (Å²) in [6.07, 6.45) is 1.58. The number of hydrogen-bond acceptors (Lipinski definition) is 4. The van der Waals surface area contributed by atoms with Crippen molar-refractivity contribution < 1.29 is 19.6 Å². The van der Waals surface area contributed by atoms with Crippen LogP contribution in [0.25, 0.3) is 0 Å². The molecule has 1 aliphatic carbocycles. The van der Waals surface area contributed by atoms with Gasteiger partial charge in [-0.2, -0.15) is 0 Å². The molecule has 1 N–H and O–H groups in total. The fourth-order valence-electron chi connectivity index (χ4n) is 3.24. The zero-order valence-corrected chi connectivity index (χ0v) is 13.6. The van der Waals surface area contributed by atoms with Crippen molar-refractivity contribution in [3.8, 4) is 0 Å². The normalized spacial score (nSPS) is 19.2. The molecule has 0 amide bonds. The minimum Gasteiger partial charge on any atom is -0.478 e. The van der Waals surface area contributed by atoms with Crippen molar-refractivity contribution in [3.63, 3.8) is 0 Å². The molecule has 1 saturated carbocycles. The number of non-ortho nitro benzene ring substituents is 1. The molecule has 0 spiro atoms. The third-order valence-corrected chi connectivity index (χ3v) is 4.62. The van der Waals surface area contributed by atoms with Crippen LogP contribution in [0, 0.1) is 16.0 Å². The molecular weight excluding hydrogens is 322 g/mol. The van der Waals surface area contributed by atoms with Crippen molar-refractivity contribution in [2.75, 3.05) is 6.61 Å². The summed E-state index contributed by atoms with van der Waals surface area (Å²) in [5.74, 6) is -0.653. The Morgan fingerprint density at radius 2 is 1.92 bits per heavy atom. The summed E-state index contributed by atoms with van der Waals surface area (Å²) in [5, 5.41) is 20.2. The number of ether oxygens (including phenoxy) is 1. The topological polar surface area (TPSA) is 89.7 Å². The molecule has 6 heteroatoms. The lowest BCUT2D eigenvalue weighted by Crippen LogP contribution is -2.27. The summed E-state index contributed by atoms with van der Waals surface area (Å²) in [6.45, 7) is 1.17. The van der Waals surface area contributed by atoms with Gasteiger partial charge < -0.3 is 9.84 Å². The number of nitrogens with zero attached hydrogens (tertiary/aromatic N) is 1. The van der Waals surface area contributed by atoms with Gasteiger partial charge in [-0.1, -0.05) is 30.3 Å². The van der Waals surface area contributed by atoms with Gasteiger partial charge in [-0.15, -0.1) is 0 Å². The maximum absolute atomic E-state index is 11.4. The first-order chi connectivity index (χ1) is 12.0. The van der Waals surface area contributed by atoms with Crippen molar-refractivity contribution in [1.82, 2.24) is 0 Å². The quantitative estimate of drug-likeness (QED) is 0.607. The second kappa shape index (κ2) is 7.44. The molecule has 2 aromatic rings. The van der Waals surface area contributed by atoms with E-state index in [0.717, 1.165) is 18.4 Å². The Labute approximate surface area is 145 Å². The highest BCUT2D eigenvalue weighted by molar-refractivity contribution is 5.90. The van der Waals surface area contributed by atoms with Gasteiger partial charge in [-0.05, 0) is 41.9 Å². The Bertz CT molecular complexity index is 769. The van der Waals surface area contributed by atoms with E-state index < -0.39 is 10.9 Å². The maximum atomic E-state index is 11.4. The molecule has 1 fully saturated rings. The fourth-order valence-corrected chi connectivity index (χ4v) is 3.24. The predicted molar refractivity (Wildman–Crippen MR) is 91.6 cm³/mol. The molecule has 0 bridgehead atoms. The number of nitro groups is 1. The third kappa shape index (κ3) is 4.03.